The molecule has 1 aromatic carbocycles. The molecule has 1 saturated heterocycles. The highest BCUT2D eigenvalue weighted by Gasteiger charge is 2.22. The summed E-state index contributed by atoms with van der Waals surface area (Å²) in [5, 5.41) is 3.71. The molecule has 1 N–H and O–H groups in total. The zero-order chi connectivity index (χ0) is 12.3. The topological polar surface area (TPSA) is 12.0 Å². The molecule has 0 aromatic heterocycles. The second-order valence-corrected chi connectivity index (χ2v) is 6.15. The minimum absolute atomic E-state index is 0.160. The summed E-state index contributed by atoms with van der Waals surface area (Å²) >= 11 is 2.01. The van der Waals surface area contributed by atoms with Crippen LogP contribution in [0.5, 0.6) is 0 Å². The Bertz CT molecular complexity index is 344. The molecule has 0 saturated carbocycles. The van der Waals surface area contributed by atoms with Crippen LogP contribution in [0.15, 0.2) is 24.3 Å². The Morgan fingerprint density at radius 3 is 2.53 bits per heavy atom. The molecule has 0 amide bonds. The van der Waals surface area contributed by atoms with Gasteiger partial charge in [-0.2, -0.15) is 11.8 Å². The number of halogens is 1. The summed E-state index contributed by atoms with van der Waals surface area (Å²) in [4.78, 5) is 0. The minimum atomic E-state index is -0.160. The minimum Gasteiger partial charge on any atom is -0.306 e. The Kier molecular flexibility index (Phi) is 4.46. The van der Waals surface area contributed by atoms with E-state index >= 15 is 0 Å². The van der Waals surface area contributed by atoms with Crippen LogP contribution < -0.4 is 5.32 Å². The second kappa shape index (κ2) is 5.87. The SMILES string of the molecule is CC(C)C(NC1CCSC1)c1ccc(F)cc1. The smallest absolute Gasteiger partial charge is 0.123 e. The Morgan fingerprint density at radius 1 is 1.29 bits per heavy atom. The van der Waals surface area contributed by atoms with Gasteiger partial charge in [-0.05, 0) is 35.8 Å². The van der Waals surface area contributed by atoms with Gasteiger partial charge in [0.15, 0.2) is 0 Å². The maximum Gasteiger partial charge on any atom is 0.123 e. The highest BCUT2D eigenvalue weighted by Crippen LogP contribution is 2.26. The van der Waals surface area contributed by atoms with Crippen molar-refractivity contribution < 1.29 is 4.39 Å². The van der Waals surface area contributed by atoms with Crippen LogP contribution in [0.25, 0.3) is 0 Å². The highest BCUT2D eigenvalue weighted by molar-refractivity contribution is 7.99. The molecule has 2 atom stereocenters. The molecule has 3 heteroatoms. The second-order valence-electron chi connectivity index (χ2n) is 5.00. The van der Waals surface area contributed by atoms with Crippen molar-refractivity contribution in [1.29, 1.82) is 0 Å². The van der Waals surface area contributed by atoms with Crippen LogP contribution in [0.1, 0.15) is 31.9 Å². The summed E-state index contributed by atoms with van der Waals surface area (Å²) in [6, 6.07) is 7.84. The van der Waals surface area contributed by atoms with Crippen molar-refractivity contribution in [1.82, 2.24) is 5.32 Å². The summed E-state index contributed by atoms with van der Waals surface area (Å²) in [5.74, 6) is 2.81. The lowest BCUT2D eigenvalue weighted by Crippen LogP contribution is -2.35. The van der Waals surface area contributed by atoms with Gasteiger partial charge in [-0.25, -0.2) is 4.39 Å². The van der Waals surface area contributed by atoms with E-state index in [1.165, 1.54) is 23.5 Å². The van der Waals surface area contributed by atoms with Gasteiger partial charge in [-0.15, -0.1) is 0 Å². The number of thioether (sulfide) groups is 1. The van der Waals surface area contributed by atoms with Crippen molar-refractivity contribution in [3.05, 3.63) is 35.6 Å². The summed E-state index contributed by atoms with van der Waals surface area (Å²) in [5.41, 5.74) is 1.19. The summed E-state index contributed by atoms with van der Waals surface area (Å²) < 4.78 is 12.9. The first kappa shape index (κ1) is 12.9. The molecular formula is C14H20FNS. The number of benzene rings is 1. The Labute approximate surface area is 107 Å². The Hall–Kier alpha value is -0.540. The molecule has 1 aliphatic rings. The lowest BCUT2D eigenvalue weighted by atomic mass is 9.95. The fourth-order valence-corrected chi connectivity index (χ4v) is 3.43. The molecule has 1 aliphatic heterocycles. The third kappa shape index (κ3) is 3.46. The van der Waals surface area contributed by atoms with Crippen LogP contribution in [-0.2, 0) is 0 Å². The number of nitrogens with one attached hydrogen (secondary N) is 1. The van der Waals surface area contributed by atoms with Gasteiger partial charge in [0.25, 0.3) is 0 Å². The molecule has 94 valence electrons. The Balaban J connectivity index is 2.08. The third-order valence-corrected chi connectivity index (χ3v) is 4.40. The van der Waals surface area contributed by atoms with Gasteiger partial charge in [0.05, 0.1) is 0 Å². The maximum absolute atomic E-state index is 12.9. The van der Waals surface area contributed by atoms with Gasteiger partial charge in [0.1, 0.15) is 5.82 Å². The van der Waals surface area contributed by atoms with Crippen molar-refractivity contribution in [2.45, 2.75) is 32.4 Å². The summed E-state index contributed by atoms with van der Waals surface area (Å²) in [6.07, 6.45) is 1.25. The van der Waals surface area contributed by atoms with Crippen LogP contribution in [-0.4, -0.2) is 17.5 Å². The van der Waals surface area contributed by atoms with Crippen LogP contribution in [0.2, 0.25) is 0 Å². The molecule has 2 unspecified atom stereocenters. The third-order valence-electron chi connectivity index (χ3n) is 3.24. The van der Waals surface area contributed by atoms with Gasteiger partial charge in [0.2, 0.25) is 0 Å². The fourth-order valence-electron chi connectivity index (χ4n) is 2.26. The normalized spacial score (nSPS) is 22.0. The van der Waals surface area contributed by atoms with Crippen molar-refractivity contribution in [2.75, 3.05) is 11.5 Å². The predicted octanol–water partition coefficient (Wildman–Crippen LogP) is 3.62. The van der Waals surface area contributed by atoms with E-state index in [9.17, 15) is 4.39 Å². The zero-order valence-electron chi connectivity index (χ0n) is 10.4. The van der Waals surface area contributed by atoms with Gasteiger partial charge < -0.3 is 5.32 Å². The number of rotatable bonds is 4. The molecule has 0 radical (unpaired) electrons. The lowest BCUT2D eigenvalue weighted by molar-refractivity contribution is 0.372. The quantitative estimate of drug-likeness (QED) is 0.879. The molecule has 1 heterocycles. The van der Waals surface area contributed by atoms with Gasteiger partial charge >= 0.3 is 0 Å². The van der Waals surface area contributed by atoms with Crippen molar-refractivity contribution in [3.8, 4) is 0 Å². The van der Waals surface area contributed by atoms with Crippen LogP contribution in [0.4, 0.5) is 4.39 Å². The van der Waals surface area contributed by atoms with Gasteiger partial charge in [0, 0.05) is 17.8 Å². The monoisotopic (exact) mass is 253 g/mol. The highest BCUT2D eigenvalue weighted by atomic mass is 32.2. The molecular weight excluding hydrogens is 233 g/mol. The van der Waals surface area contributed by atoms with E-state index in [1.807, 2.05) is 23.9 Å². The molecule has 1 aromatic rings. The van der Waals surface area contributed by atoms with Crippen LogP contribution >= 0.6 is 11.8 Å². The molecule has 0 aliphatic carbocycles. The molecule has 17 heavy (non-hydrogen) atoms. The number of hydrogen-bond acceptors (Lipinski definition) is 2. The van der Waals surface area contributed by atoms with E-state index in [1.54, 1.807) is 12.1 Å². The molecule has 0 bridgehead atoms. The Morgan fingerprint density at radius 2 is 2.00 bits per heavy atom. The molecule has 0 spiro atoms. The van der Waals surface area contributed by atoms with E-state index in [0.717, 1.165) is 0 Å². The summed E-state index contributed by atoms with van der Waals surface area (Å²) in [7, 11) is 0. The van der Waals surface area contributed by atoms with E-state index in [-0.39, 0.29) is 5.82 Å². The standard InChI is InChI=1S/C14H20FNS/c1-10(2)14(16-13-7-8-17-9-13)11-3-5-12(15)6-4-11/h3-6,10,13-14,16H,7-9H2,1-2H3. The molecule has 1 fully saturated rings. The lowest BCUT2D eigenvalue weighted by Gasteiger charge is -2.26. The van der Waals surface area contributed by atoms with Crippen LogP contribution in [0.3, 0.4) is 0 Å². The first-order valence-electron chi connectivity index (χ1n) is 6.26. The van der Waals surface area contributed by atoms with Gasteiger partial charge in [-0.3, -0.25) is 0 Å². The predicted molar refractivity (Wildman–Crippen MR) is 72.8 cm³/mol. The van der Waals surface area contributed by atoms with E-state index < -0.39 is 0 Å². The van der Waals surface area contributed by atoms with E-state index in [4.69, 9.17) is 0 Å². The first-order chi connectivity index (χ1) is 8.16. The first-order valence-corrected chi connectivity index (χ1v) is 7.41. The van der Waals surface area contributed by atoms with Gasteiger partial charge in [-0.1, -0.05) is 26.0 Å². The van der Waals surface area contributed by atoms with Crippen molar-refractivity contribution >= 4 is 11.8 Å². The average Bonchev–Trinajstić information content (AvgIpc) is 2.80. The zero-order valence-corrected chi connectivity index (χ0v) is 11.3. The van der Waals surface area contributed by atoms with E-state index in [0.29, 0.717) is 18.0 Å². The van der Waals surface area contributed by atoms with E-state index in [2.05, 4.69) is 19.2 Å². The van der Waals surface area contributed by atoms with Crippen molar-refractivity contribution in [3.63, 3.8) is 0 Å². The molecule has 1 nitrogen and oxygen atoms in total. The average molecular weight is 253 g/mol. The number of hydrogen-bond donors (Lipinski definition) is 1. The maximum atomic E-state index is 12.9. The molecule has 2 rings (SSSR count). The fraction of sp³-hybridized carbons (Fsp3) is 0.571. The summed E-state index contributed by atoms with van der Waals surface area (Å²) in [6.45, 7) is 4.42. The van der Waals surface area contributed by atoms with Crippen molar-refractivity contribution in [2.24, 2.45) is 5.92 Å². The largest absolute Gasteiger partial charge is 0.306 e. The van der Waals surface area contributed by atoms with Crippen LogP contribution in [0, 0.1) is 11.7 Å².